The average Bonchev–Trinajstić information content (AvgIpc) is 2.88. The number of carbonyl (C=O) groups is 1. The van der Waals surface area contributed by atoms with E-state index in [-0.39, 0.29) is 11.3 Å². The maximum atomic E-state index is 11.0. The van der Waals surface area contributed by atoms with Crippen LogP contribution >= 0.6 is 19.6 Å². The van der Waals surface area contributed by atoms with E-state index in [0.29, 0.717) is 17.0 Å². The number of hydrogen-bond donors (Lipinski definition) is 5. The Labute approximate surface area is 130 Å². The van der Waals surface area contributed by atoms with Crippen molar-refractivity contribution in [3.05, 3.63) is 23.0 Å². The van der Waals surface area contributed by atoms with Crippen LogP contribution in [-0.2, 0) is 20.5 Å². The summed E-state index contributed by atoms with van der Waals surface area (Å²) in [6.45, 7) is 1.12. The second-order valence-corrected chi connectivity index (χ2v) is 7.04. The van der Waals surface area contributed by atoms with Gasteiger partial charge in [-0.2, -0.15) is 0 Å². The fourth-order valence-electron chi connectivity index (χ4n) is 1.99. The van der Waals surface area contributed by atoms with Crippen molar-refractivity contribution < 1.29 is 33.9 Å². The van der Waals surface area contributed by atoms with Gasteiger partial charge in [-0.3, -0.25) is 19.6 Å². The fraction of sp³-hybridized carbons (Fsp3) is 0.455. The quantitative estimate of drug-likeness (QED) is 0.475. The summed E-state index contributed by atoms with van der Waals surface area (Å²) < 4.78 is 15.3. The summed E-state index contributed by atoms with van der Waals surface area (Å²) in [5, 5.41) is 21.5. The molecule has 1 saturated heterocycles. The van der Waals surface area contributed by atoms with Gasteiger partial charge in [0.05, 0.1) is 17.7 Å². The molecular formula is C11H15N2O7PS. The summed E-state index contributed by atoms with van der Waals surface area (Å²) in [4.78, 5) is 32.5. The summed E-state index contributed by atoms with van der Waals surface area (Å²) in [7, 11) is -4.67. The van der Waals surface area contributed by atoms with Gasteiger partial charge in [-0.25, -0.2) is 4.57 Å². The molecule has 11 heteroatoms. The Balaban J connectivity index is 2.30. The summed E-state index contributed by atoms with van der Waals surface area (Å²) in [5.74, 6) is -0.851. The molecule has 2 atom stereocenters. The first-order valence-electron chi connectivity index (χ1n) is 6.17. The second kappa shape index (κ2) is 6.53. The number of nitrogens with zero attached hydrogens (tertiary/aromatic N) is 1. The highest BCUT2D eigenvalue weighted by Gasteiger charge is 2.34. The molecular weight excluding hydrogens is 335 g/mol. The number of aromatic nitrogens is 1. The minimum Gasteiger partial charge on any atom is -0.506 e. The van der Waals surface area contributed by atoms with E-state index in [2.05, 4.69) is 14.8 Å². The predicted molar refractivity (Wildman–Crippen MR) is 77.2 cm³/mol. The Morgan fingerprint density at radius 1 is 1.59 bits per heavy atom. The molecule has 22 heavy (non-hydrogen) atoms. The van der Waals surface area contributed by atoms with Crippen LogP contribution in [0.5, 0.6) is 5.75 Å². The molecule has 5 N–H and O–H groups in total. The van der Waals surface area contributed by atoms with Gasteiger partial charge >= 0.3 is 13.8 Å². The number of nitrogens with one attached hydrogen (secondary N) is 1. The van der Waals surface area contributed by atoms with Crippen molar-refractivity contribution in [1.29, 1.82) is 0 Å². The zero-order valence-electron chi connectivity index (χ0n) is 11.5. The molecule has 0 amide bonds. The van der Waals surface area contributed by atoms with Crippen LogP contribution in [0.2, 0.25) is 0 Å². The van der Waals surface area contributed by atoms with Gasteiger partial charge in [0.1, 0.15) is 11.8 Å². The van der Waals surface area contributed by atoms with Crippen LogP contribution in [0.15, 0.2) is 6.20 Å². The third kappa shape index (κ3) is 3.97. The number of aromatic hydroxyl groups is 1. The number of thioether (sulfide) groups is 1. The van der Waals surface area contributed by atoms with Crippen molar-refractivity contribution in [3.8, 4) is 5.75 Å². The summed E-state index contributed by atoms with van der Waals surface area (Å²) in [6, 6.07) is -0.765. The molecule has 2 heterocycles. The van der Waals surface area contributed by atoms with Crippen LogP contribution in [0.3, 0.4) is 0 Å². The minimum atomic E-state index is -4.67. The number of phosphoric ester groups is 1. The monoisotopic (exact) mass is 350 g/mol. The standard InChI is InChI=1S/C11H15N2O7PS/c1-5-9(14)8(10-13-7(4-22-10)11(15)16)6(2-12-5)3-20-21(17,18)19/h2,7,10,13-14H,3-4H2,1H3,(H,15,16)(H2,17,18,19)/t7-,10?/m1/s1. The van der Waals surface area contributed by atoms with Crippen LogP contribution in [0.25, 0.3) is 0 Å². The molecule has 1 aromatic heterocycles. The molecule has 1 fully saturated rings. The van der Waals surface area contributed by atoms with E-state index < -0.39 is 31.8 Å². The molecule has 0 aromatic carbocycles. The average molecular weight is 350 g/mol. The lowest BCUT2D eigenvalue weighted by atomic mass is 10.1. The van der Waals surface area contributed by atoms with Crippen LogP contribution in [0.4, 0.5) is 0 Å². The molecule has 1 aliphatic heterocycles. The SMILES string of the molecule is Cc1ncc(COP(=O)(O)O)c(C2N[C@@H](C(=O)O)CS2)c1O. The van der Waals surface area contributed by atoms with E-state index in [1.807, 2.05) is 0 Å². The van der Waals surface area contributed by atoms with E-state index in [1.54, 1.807) is 6.92 Å². The number of phosphoric acid groups is 1. The third-order valence-electron chi connectivity index (χ3n) is 3.09. The lowest BCUT2D eigenvalue weighted by Gasteiger charge is -2.18. The van der Waals surface area contributed by atoms with Gasteiger partial charge in [-0.05, 0) is 6.92 Å². The third-order valence-corrected chi connectivity index (χ3v) is 4.78. The fourth-order valence-corrected chi connectivity index (χ4v) is 3.62. The van der Waals surface area contributed by atoms with Gasteiger partial charge in [0, 0.05) is 23.1 Å². The zero-order valence-corrected chi connectivity index (χ0v) is 13.2. The van der Waals surface area contributed by atoms with Crippen LogP contribution < -0.4 is 5.32 Å². The van der Waals surface area contributed by atoms with Gasteiger partial charge in [-0.15, -0.1) is 11.8 Å². The van der Waals surface area contributed by atoms with Crippen LogP contribution in [-0.4, -0.2) is 42.7 Å². The van der Waals surface area contributed by atoms with Crippen molar-refractivity contribution in [3.63, 3.8) is 0 Å². The number of pyridine rings is 1. The highest BCUT2D eigenvalue weighted by molar-refractivity contribution is 7.99. The van der Waals surface area contributed by atoms with Crippen molar-refractivity contribution >= 4 is 25.6 Å². The molecule has 0 aliphatic carbocycles. The Hall–Kier alpha value is -1.16. The molecule has 1 unspecified atom stereocenters. The molecule has 2 rings (SSSR count). The molecule has 122 valence electrons. The molecule has 0 saturated carbocycles. The maximum Gasteiger partial charge on any atom is 0.469 e. The topological polar surface area (TPSA) is 149 Å². The lowest BCUT2D eigenvalue weighted by molar-refractivity contribution is -0.138. The van der Waals surface area contributed by atoms with Crippen LogP contribution in [0.1, 0.15) is 22.2 Å². The Morgan fingerprint density at radius 2 is 2.27 bits per heavy atom. The van der Waals surface area contributed by atoms with E-state index in [1.165, 1.54) is 18.0 Å². The van der Waals surface area contributed by atoms with Gasteiger partial charge in [0.15, 0.2) is 0 Å². The molecule has 1 aliphatic rings. The first-order chi connectivity index (χ1) is 10.2. The van der Waals surface area contributed by atoms with Gasteiger partial charge < -0.3 is 20.0 Å². The van der Waals surface area contributed by atoms with Crippen LogP contribution in [0, 0.1) is 6.92 Å². The largest absolute Gasteiger partial charge is 0.506 e. The molecule has 0 radical (unpaired) electrons. The number of aliphatic carboxylic acids is 1. The molecule has 0 bridgehead atoms. The number of aryl methyl sites for hydroxylation is 1. The zero-order chi connectivity index (χ0) is 16.5. The van der Waals surface area contributed by atoms with Gasteiger partial charge in [0.25, 0.3) is 0 Å². The van der Waals surface area contributed by atoms with Gasteiger partial charge in [-0.1, -0.05) is 0 Å². The Morgan fingerprint density at radius 3 is 2.82 bits per heavy atom. The number of carboxylic acid groups (broad SMARTS) is 1. The second-order valence-electron chi connectivity index (χ2n) is 4.67. The Kier molecular flexibility index (Phi) is 5.10. The number of rotatable bonds is 5. The van der Waals surface area contributed by atoms with E-state index in [0.717, 1.165) is 0 Å². The van der Waals surface area contributed by atoms with Crippen molar-refractivity contribution in [1.82, 2.24) is 10.3 Å². The summed E-state index contributed by atoms with van der Waals surface area (Å²) in [5.41, 5.74) is 0.938. The minimum absolute atomic E-state index is 0.150. The first kappa shape index (κ1) is 17.2. The first-order valence-corrected chi connectivity index (χ1v) is 8.75. The van der Waals surface area contributed by atoms with Gasteiger partial charge in [0.2, 0.25) is 0 Å². The summed E-state index contributed by atoms with van der Waals surface area (Å²) in [6.07, 6.45) is 1.34. The normalized spacial score (nSPS) is 22.0. The predicted octanol–water partition coefficient (Wildman–Crippen LogP) is 0.493. The number of carboxylic acids is 1. The highest BCUT2D eigenvalue weighted by Crippen LogP contribution is 2.42. The van der Waals surface area contributed by atoms with Crippen molar-refractivity contribution in [2.75, 3.05) is 5.75 Å². The molecule has 9 nitrogen and oxygen atoms in total. The maximum absolute atomic E-state index is 11.0. The Bertz CT molecular complexity index is 635. The molecule has 0 spiro atoms. The number of hydrogen-bond acceptors (Lipinski definition) is 7. The highest BCUT2D eigenvalue weighted by atomic mass is 32.2. The lowest BCUT2D eigenvalue weighted by Crippen LogP contribution is -2.34. The smallest absolute Gasteiger partial charge is 0.469 e. The molecule has 1 aromatic rings. The van der Waals surface area contributed by atoms with Crippen molar-refractivity contribution in [2.45, 2.75) is 24.9 Å². The van der Waals surface area contributed by atoms with E-state index in [9.17, 15) is 14.5 Å². The van der Waals surface area contributed by atoms with Crippen molar-refractivity contribution in [2.24, 2.45) is 0 Å². The van der Waals surface area contributed by atoms with E-state index >= 15 is 0 Å². The summed E-state index contributed by atoms with van der Waals surface area (Å²) >= 11 is 1.27. The van der Waals surface area contributed by atoms with E-state index in [4.69, 9.17) is 14.9 Å².